The molecular weight excluding hydrogens is 176 g/mol. The number of hydrogen-bond acceptors (Lipinski definition) is 1. The number of fused-ring (bicyclic) bond motifs is 2. The quantitative estimate of drug-likeness (QED) is 0.502. The normalized spacial score (nSPS) is 50.0. The number of carbonyl (C=O) groups is 1. The molecule has 0 aromatic heterocycles. The average molecular weight is 187 g/mol. The lowest BCUT2D eigenvalue weighted by molar-refractivity contribution is -0.149. The molecule has 0 aromatic rings. The van der Waals surface area contributed by atoms with E-state index in [1.54, 1.807) is 6.92 Å². The van der Waals surface area contributed by atoms with Gasteiger partial charge in [-0.05, 0) is 25.2 Å². The highest BCUT2D eigenvalue weighted by Crippen LogP contribution is 2.54. The molecule has 2 aliphatic carbocycles. The van der Waals surface area contributed by atoms with E-state index in [1.807, 2.05) is 12.2 Å². The molecule has 1 N–H and O–H groups in total. The van der Waals surface area contributed by atoms with Crippen LogP contribution in [0.15, 0.2) is 12.2 Å². The van der Waals surface area contributed by atoms with E-state index in [1.165, 1.54) is 0 Å². The van der Waals surface area contributed by atoms with Crippen molar-refractivity contribution in [3.63, 3.8) is 0 Å². The molecule has 2 bridgehead atoms. The first kappa shape index (κ1) is 8.11. The third-order valence-electron chi connectivity index (χ3n) is 3.30. The SMILES string of the molecule is C[C@@]1(C(=O)O)[C@H](Cl)[C@@H]2C=C[C@H]1C2. The van der Waals surface area contributed by atoms with Gasteiger partial charge in [0, 0.05) is 0 Å². The Kier molecular flexibility index (Phi) is 1.52. The summed E-state index contributed by atoms with van der Waals surface area (Å²) in [6.07, 6.45) is 4.96. The van der Waals surface area contributed by atoms with Gasteiger partial charge in [-0.3, -0.25) is 4.79 Å². The zero-order valence-electron chi connectivity index (χ0n) is 6.83. The van der Waals surface area contributed by atoms with Gasteiger partial charge in [-0.1, -0.05) is 12.2 Å². The van der Waals surface area contributed by atoms with Crippen LogP contribution in [-0.4, -0.2) is 16.5 Å². The minimum atomic E-state index is -0.764. The molecule has 2 rings (SSSR count). The third-order valence-corrected chi connectivity index (χ3v) is 4.07. The highest BCUT2D eigenvalue weighted by Gasteiger charge is 2.57. The summed E-state index contributed by atoms with van der Waals surface area (Å²) in [5, 5.41) is 8.82. The number of alkyl halides is 1. The minimum Gasteiger partial charge on any atom is -0.481 e. The largest absolute Gasteiger partial charge is 0.481 e. The molecule has 0 radical (unpaired) electrons. The van der Waals surface area contributed by atoms with E-state index >= 15 is 0 Å². The fraction of sp³-hybridized carbons (Fsp3) is 0.667. The van der Waals surface area contributed by atoms with Crippen LogP contribution in [0.5, 0.6) is 0 Å². The van der Waals surface area contributed by atoms with E-state index in [9.17, 15) is 4.79 Å². The van der Waals surface area contributed by atoms with Gasteiger partial charge in [-0.15, -0.1) is 11.6 Å². The lowest BCUT2D eigenvalue weighted by Crippen LogP contribution is -2.40. The second-order valence-electron chi connectivity index (χ2n) is 3.88. The molecule has 12 heavy (non-hydrogen) atoms. The molecular formula is C9H11ClO2. The molecule has 1 saturated carbocycles. The maximum atomic E-state index is 11.0. The van der Waals surface area contributed by atoms with Crippen molar-refractivity contribution in [2.75, 3.05) is 0 Å². The number of rotatable bonds is 1. The summed E-state index contributed by atoms with van der Waals surface area (Å²) in [6, 6.07) is 0. The molecule has 0 heterocycles. The fourth-order valence-corrected chi connectivity index (χ4v) is 2.76. The van der Waals surface area contributed by atoms with E-state index in [2.05, 4.69) is 0 Å². The molecule has 3 heteroatoms. The highest BCUT2D eigenvalue weighted by atomic mass is 35.5. The molecule has 0 unspecified atom stereocenters. The minimum absolute atomic E-state index is 0.141. The Morgan fingerprint density at radius 3 is 2.67 bits per heavy atom. The van der Waals surface area contributed by atoms with Crippen molar-refractivity contribution in [3.05, 3.63) is 12.2 Å². The maximum absolute atomic E-state index is 11.0. The summed E-state index contributed by atoms with van der Waals surface area (Å²) < 4.78 is 0. The predicted octanol–water partition coefficient (Wildman–Crippen LogP) is 1.89. The Bertz CT molecular complexity index is 261. The number of allylic oxidation sites excluding steroid dienone is 2. The molecule has 2 nitrogen and oxygen atoms in total. The second-order valence-corrected chi connectivity index (χ2v) is 4.35. The van der Waals surface area contributed by atoms with Crippen molar-refractivity contribution < 1.29 is 9.90 Å². The van der Waals surface area contributed by atoms with Crippen molar-refractivity contribution in [1.29, 1.82) is 0 Å². The monoisotopic (exact) mass is 186 g/mol. The van der Waals surface area contributed by atoms with Crippen LogP contribution < -0.4 is 0 Å². The van der Waals surface area contributed by atoms with Crippen LogP contribution in [0.4, 0.5) is 0 Å². The van der Waals surface area contributed by atoms with Crippen molar-refractivity contribution in [3.8, 4) is 0 Å². The number of aliphatic carboxylic acids is 1. The zero-order valence-corrected chi connectivity index (χ0v) is 7.58. The first-order chi connectivity index (χ1) is 5.56. The van der Waals surface area contributed by atoms with Crippen LogP contribution in [0.3, 0.4) is 0 Å². The summed E-state index contributed by atoms with van der Waals surface area (Å²) in [5.74, 6) is -0.348. The molecule has 2 aliphatic rings. The number of carboxylic acids is 1. The number of carboxylic acid groups (broad SMARTS) is 1. The van der Waals surface area contributed by atoms with Crippen LogP contribution in [0, 0.1) is 17.3 Å². The van der Waals surface area contributed by atoms with Crippen molar-refractivity contribution >= 4 is 17.6 Å². The predicted molar refractivity (Wildman–Crippen MR) is 46.1 cm³/mol. The highest BCUT2D eigenvalue weighted by molar-refractivity contribution is 6.23. The van der Waals surface area contributed by atoms with Crippen molar-refractivity contribution in [2.24, 2.45) is 17.3 Å². The maximum Gasteiger partial charge on any atom is 0.311 e. The fourth-order valence-electron chi connectivity index (χ4n) is 2.31. The molecule has 1 fully saturated rings. The summed E-state index contributed by atoms with van der Waals surface area (Å²) in [4.78, 5) is 11.0. The molecule has 0 aromatic carbocycles. The molecule has 0 amide bonds. The van der Waals surface area contributed by atoms with Gasteiger partial charge in [-0.25, -0.2) is 0 Å². The van der Waals surface area contributed by atoms with Crippen LogP contribution in [0.1, 0.15) is 13.3 Å². The zero-order chi connectivity index (χ0) is 8.93. The molecule has 0 saturated heterocycles. The van der Waals surface area contributed by atoms with Gasteiger partial charge in [0.2, 0.25) is 0 Å². The molecule has 0 spiro atoms. The molecule has 0 aliphatic heterocycles. The van der Waals surface area contributed by atoms with Gasteiger partial charge in [-0.2, -0.15) is 0 Å². The summed E-state index contributed by atoms with van der Waals surface area (Å²) in [7, 11) is 0. The first-order valence-electron chi connectivity index (χ1n) is 4.12. The average Bonchev–Trinajstić information content (AvgIpc) is 2.55. The second kappa shape index (κ2) is 2.25. The molecule has 66 valence electrons. The topological polar surface area (TPSA) is 37.3 Å². The van der Waals surface area contributed by atoms with Crippen LogP contribution in [-0.2, 0) is 4.79 Å². The Labute approximate surface area is 76.2 Å². The van der Waals surface area contributed by atoms with Crippen LogP contribution in [0.25, 0.3) is 0 Å². The molecule has 4 atom stereocenters. The van der Waals surface area contributed by atoms with Gasteiger partial charge in [0.25, 0.3) is 0 Å². The summed E-state index contributed by atoms with van der Waals surface area (Å²) in [6.45, 7) is 1.75. The van der Waals surface area contributed by atoms with E-state index in [-0.39, 0.29) is 17.2 Å². The smallest absolute Gasteiger partial charge is 0.311 e. The summed E-state index contributed by atoms with van der Waals surface area (Å²) >= 11 is 6.08. The Hall–Kier alpha value is -0.500. The van der Waals surface area contributed by atoms with Gasteiger partial charge >= 0.3 is 5.97 Å². The number of halogens is 1. The van der Waals surface area contributed by atoms with Gasteiger partial charge in [0.05, 0.1) is 10.8 Å². The van der Waals surface area contributed by atoms with E-state index in [0.29, 0.717) is 0 Å². The van der Waals surface area contributed by atoms with E-state index in [4.69, 9.17) is 16.7 Å². The first-order valence-corrected chi connectivity index (χ1v) is 4.56. The van der Waals surface area contributed by atoms with Gasteiger partial charge in [0.15, 0.2) is 0 Å². The summed E-state index contributed by atoms with van der Waals surface area (Å²) in [5.41, 5.74) is -0.735. The third kappa shape index (κ3) is 0.738. The Morgan fingerprint density at radius 2 is 2.33 bits per heavy atom. The standard InChI is InChI=1S/C9H11ClO2/c1-9(8(11)12)6-3-2-5(4-6)7(9)10/h2-3,5-7H,4H2,1H3,(H,11,12)/t5-,6+,7-,9+/m1/s1. The Morgan fingerprint density at radius 1 is 1.67 bits per heavy atom. The lowest BCUT2D eigenvalue weighted by Gasteiger charge is -2.30. The van der Waals surface area contributed by atoms with Crippen LogP contribution >= 0.6 is 11.6 Å². The van der Waals surface area contributed by atoms with Crippen molar-refractivity contribution in [1.82, 2.24) is 0 Å². The Balaban J connectivity index is 2.39. The van der Waals surface area contributed by atoms with E-state index < -0.39 is 11.4 Å². The van der Waals surface area contributed by atoms with Crippen LogP contribution in [0.2, 0.25) is 0 Å². The van der Waals surface area contributed by atoms with Gasteiger partial charge < -0.3 is 5.11 Å². The lowest BCUT2D eigenvalue weighted by atomic mass is 9.77. The van der Waals surface area contributed by atoms with E-state index in [0.717, 1.165) is 6.42 Å². The number of hydrogen-bond donors (Lipinski definition) is 1. The van der Waals surface area contributed by atoms with Gasteiger partial charge in [0.1, 0.15) is 0 Å². The van der Waals surface area contributed by atoms with Crippen molar-refractivity contribution in [2.45, 2.75) is 18.7 Å².